The first-order chi connectivity index (χ1) is 12.9. The maximum absolute atomic E-state index is 13.2. The molecular weight excluding hydrogens is 411 g/mol. The number of nitrogens with zero attached hydrogens (tertiary/aromatic N) is 3. The fourth-order valence-corrected chi connectivity index (χ4v) is 3.07. The Bertz CT molecular complexity index is 906. The lowest BCUT2D eigenvalue weighted by atomic mass is 10.1. The van der Waals surface area contributed by atoms with E-state index >= 15 is 0 Å². The van der Waals surface area contributed by atoms with Gasteiger partial charge >= 0.3 is 0 Å². The van der Waals surface area contributed by atoms with E-state index in [4.69, 9.17) is 0 Å². The van der Waals surface area contributed by atoms with E-state index in [1.807, 2.05) is 37.3 Å². The first kappa shape index (κ1) is 19.3. The van der Waals surface area contributed by atoms with E-state index in [1.54, 1.807) is 35.1 Å². The van der Waals surface area contributed by atoms with Crippen molar-refractivity contribution in [2.24, 2.45) is 0 Å². The van der Waals surface area contributed by atoms with Gasteiger partial charge in [-0.3, -0.25) is 4.79 Å². The maximum Gasteiger partial charge on any atom is 0.251 e. The van der Waals surface area contributed by atoms with Gasteiger partial charge in [0.15, 0.2) is 0 Å². The largest absolute Gasteiger partial charge is 0.350 e. The van der Waals surface area contributed by atoms with Crippen LogP contribution in [0.15, 0.2) is 65.4 Å². The van der Waals surface area contributed by atoms with E-state index < -0.39 is 0 Å². The molecule has 0 aliphatic heterocycles. The Balaban J connectivity index is 1.66. The van der Waals surface area contributed by atoms with Gasteiger partial charge < -0.3 is 10.2 Å². The van der Waals surface area contributed by atoms with Crippen LogP contribution in [0.5, 0.6) is 0 Å². The van der Waals surface area contributed by atoms with Crippen molar-refractivity contribution >= 4 is 21.8 Å². The summed E-state index contributed by atoms with van der Waals surface area (Å²) in [4.78, 5) is 14.5. The van der Waals surface area contributed by atoms with Crippen LogP contribution < -0.4 is 5.32 Å². The van der Waals surface area contributed by atoms with Crippen molar-refractivity contribution in [3.05, 3.63) is 82.3 Å². The van der Waals surface area contributed by atoms with Crippen LogP contribution >= 0.6 is 15.9 Å². The van der Waals surface area contributed by atoms with Gasteiger partial charge in [0.1, 0.15) is 5.82 Å². The van der Waals surface area contributed by atoms with Gasteiger partial charge in [0, 0.05) is 18.3 Å². The number of halogens is 2. The van der Waals surface area contributed by atoms with Crippen LogP contribution in [0.3, 0.4) is 0 Å². The van der Waals surface area contributed by atoms with Gasteiger partial charge in [0.05, 0.1) is 22.4 Å². The summed E-state index contributed by atoms with van der Waals surface area (Å²) in [6.07, 6.45) is 3.55. The highest BCUT2D eigenvalue weighted by atomic mass is 79.9. The fraction of sp³-hybridized carbons (Fsp3) is 0.200. The van der Waals surface area contributed by atoms with E-state index in [2.05, 4.69) is 26.3 Å². The second kappa shape index (κ2) is 8.45. The second-order valence-corrected chi connectivity index (χ2v) is 7.31. The molecule has 0 bridgehead atoms. The van der Waals surface area contributed by atoms with Gasteiger partial charge in [0.25, 0.3) is 5.91 Å². The van der Waals surface area contributed by atoms with Crippen molar-refractivity contribution in [3.63, 3.8) is 0 Å². The van der Waals surface area contributed by atoms with E-state index in [0.29, 0.717) is 12.1 Å². The molecule has 7 heteroatoms. The zero-order chi connectivity index (χ0) is 19.4. The Hall–Kier alpha value is -2.51. The standard InChI is InChI=1S/C20H20BrFN4O/c1-25(2)19(14-3-7-17(22)8-4-14)12-23-20(27)15-5-9-18(10-6-15)26-13-16(21)11-24-26/h3-11,13,19H,12H2,1-2H3,(H,23,27). The third-order valence-corrected chi connectivity index (χ3v) is 4.69. The first-order valence-electron chi connectivity index (χ1n) is 8.45. The van der Waals surface area contributed by atoms with Crippen LogP contribution in [0.4, 0.5) is 4.39 Å². The number of hydrogen-bond acceptors (Lipinski definition) is 3. The third kappa shape index (κ3) is 4.81. The summed E-state index contributed by atoms with van der Waals surface area (Å²) in [5.74, 6) is -0.429. The SMILES string of the molecule is CN(C)C(CNC(=O)c1ccc(-n2cc(Br)cn2)cc1)c1ccc(F)cc1. The van der Waals surface area contributed by atoms with Gasteiger partial charge in [-0.05, 0) is 72.0 Å². The Morgan fingerprint density at radius 3 is 2.41 bits per heavy atom. The molecule has 1 heterocycles. The topological polar surface area (TPSA) is 50.2 Å². The summed E-state index contributed by atoms with van der Waals surface area (Å²) in [6.45, 7) is 0.422. The molecule has 0 radical (unpaired) electrons. The molecule has 0 spiro atoms. The van der Waals surface area contributed by atoms with Gasteiger partial charge in [-0.25, -0.2) is 9.07 Å². The average molecular weight is 431 g/mol. The lowest BCUT2D eigenvalue weighted by Gasteiger charge is -2.25. The van der Waals surface area contributed by atoms with Crippen molar-refractivity contribution in [2.75, 3.05) is 20.6 Å². The minimum absolute atomic E-state index is 0.0461. The fourth-order valence-electron chi connectivity index (χ4n) is 2.78. The van der Waals surface area contributed by atoms with Crippen molar-refractivity contribution in [1.29, 1.82) is 0 Å². The van der Waals surface area contributed by atoms with Crippen LogP contribution in [0.25, 0.3) is 5.69 Å². The Morgan fingerprint density at radius 1 is 1.19 bits per heavy atom. The molecular formula is C20H20BrFN4O. The Kier molecular flexibility index (Phi) is 6.03. The molecule has 0 saturated carbocycles. The van der Waals surface area contributed by atoms with Crippen molar-refractivity contribution in [2.45, 2.75) is 6.04 Å². The number of nitrogens with one attached hydrogen (secondary N) is 1. The quantitative estimate of drug-likeness (QED) is 0.646. The molecule has 0 aliphatic carbocycles. The normalized spacial score (nSPS) is 12.2. The van der Waals surface area contributed by atoms with Gasteiger partial charge in [-0.1, -0.05) is 12.1 Å². The molecule has 1 aromatic heterocycles. The van der Waals surface area contributed by atoms with Gasteiger partial charge in [0.2, 0.25) is 0 Å². The molecule has 1 atom stereocenters. The molecule has 3 aromatic rings. The summed E-state index contributed by atoms with van der Waals surface area (Å²) >= 11 is 3.36. The molecule has 0 aliphatic rings. The number of likely N-dealkylation sites (N-methyl/N-ethyl adjacent to an activating group) is 1. The highest BCUT2D eigenvalue weighted by molar-refractivity contribution is 9.10. The number of aromatic nitrogens is 2. The van der Waals surface area contributed by atoms with Crippen molar-refractivity contribution in [1.82, 2.24) is 20.0 Å². The molecule has 1 N–H and O–H groups in total. The van der Waals surface area contributed by atoms with E-state index in [-0.39, 0.29) is 17.8 Å². The minimum atomic E-state index is -0.274. The van der Waals surface area contributed by atoms with Crippen LogP contribution in [0.2, 0.25) is 0 Å². The van der Waals surface area contributed by atoms with Gasteiger partial charge in [-0.15, -0.1) is 0 Å². The number of rotatable bonds is 6. The van der Waals surface area contributed by atoms with Crippen LogP contribution in [-0.4, -0.2) is 41.2 Å². The third-order valence-electron chi connectivity index (χ3n) is 4.28. The predicted molar refractivity (Wildman–Crippen MR) is 106 cm³/mol. The molecule has 5 nitrogen and oxygen atoms in total. The minimum Gasteiger partial charge on any atom is -0.350 e. The van der Waals surface area contributed by atoms with Crippen LogP contribution in [0.1, 0.15) is 22.0 Å². The highest BCUT2D eigenvalue weighted by Crippen LogP contribution is 2.18. The van der Waals surface area contributed by atoms with E-state index in [0.717, 1.165) is 15.7 Å². The summed E-state index contributed by atoms with van der Waals surface area (Å²) in [6, 6.07) is 13.5. The summed E-state index contributed by atoms with van der Waals surface area (Å²) in [5, 5.41) is 7.17. The zero-order valence-corrected chi connectivity index (χ0v) is 16.6. The lowest BCUT2D eigenvalue weighted by molar-refractivity contribution is 0.0942. The molecule has 1 unspecified atom stereocenters. The summed E-state index contributed by atoms with van der Waals surface area (Å²) in [7, 11) is 3.86. The maximum atomic E-state index is 13.2. The number of carbonyl (C=O) groups is 1. The number of carbonyl (C=O) groups excluding carboxylic acids is 1. The van der Waals surface area contributed by atoms with Crippen molar-refractivity contribution < 1.29 is 9.18 Å². The Labute approximate surface area is 165 Å². The highest BCUT2D eigenvalue weighted by Gasteiger charge is 2.16. The van der Waals surface area contributed by atoms with E-state index in [9.17, 15) is 9.18 Å². The summed E-state index contributed by atoms with van der Waals surface area (Å²) in [5.41, 5.74) is 2.39. The number of benzene rings is 2. The van der Waals surface area contributed by atoms with Crippen molar-refractivity contribution in [3.8, 4) is 5.69 Å². The average Bonchev–Trinajstić information content (AvgIpc) is 3.09. The molecule has 0 saturated heterocycles. The molecule has 27 heavy (non-hydrogen) atoms. The molecule has 0 fully saturated rings. The number of hydrogen-bond donors (Lipinski definition) is 1. The van der Waals surface area contributed by atoms with Crippen LogP contribution in [0, 0.1) is 5.82 Å². The molecule has 1 amide bonds. The smallest absolute Gasteiger partial charge is 0.251 e. The predicted octanol–water partition coefficient (Wildman–Crippen LogP) is 3.81. The summed E-state index contributed by atoms with van der Waals surface area (Å²) < 4.78 is 15.8. The van der Waals surface area contributed by atoms with E-state index in [1.165, 1.54) is 12.1 Å². The molecule has 140 valence electrons. The second-order valence-electron chi connectivity index (χ2n) is 6.39. The molecule has 2 aromatic carbocycles. The van der Waals surface area contributed by atoms with Gasteiger partial charge in [-0.2, -0.15) is 5.10 Å². The Morgan fingerprint density at radius 2 is 1.85 bits per heavy atom. The van der Waals surface area contributed by atoms with Crippen LogP contribution in [-0.2, 0) is 0 Å². The zero-order valence-electron chi connectivity index (χ0n) is 15.1. The number of amides is 1. The first-order valence-corrected chi connectivity index (χ1v) is 9.24. The lowest BCUT2D eigenvalue weighted by Crippen LogP contribution is -2.34. The molecule has 3 rings (SSSR count). The monoisotopic (exact) mass is 430 g/mol.